The molecule has 9 atom stereocenters. The predicted molar refractivity (Wildman–Crippen MR) is 94.1 cm³/mol. The number of carbonyl (C=O) groups is 1. The molecule has 152 valence electrons. The summed E-state index contributed by atoms with van der Waals surface area (Å²) in [6, 6.07) is 0. The van der Waals surface area contributed by atoms with E-state index in [2.05, 4.69) is 20.8 Å². The lowest BCUT2D eigenvalue weighted by atomic mass is 9.67. The van der Waals surface area contributed by atoms with Crippen molar-refractivity contribution in [1.29, 1.82) is 0 Å². The molecule has 7 heteroatoms. The Morgan fingerprint density at radius 2 is 1.73 bits per heavy atom. The van der Waals surface area contributed by atoms with Crippen LogP contribution in [0.2, 0.25) is 0 Å². The Kier molecular flexibility index (Phi) is 7.07. The lowest BCUT2D eigenvalue weighted by molar-refractivity contribution is -0.298. The SMILES string of the molecule is CC(=O)O[C@@H]1[C@@H](CO)O[C@@](CO)(O[C@H]2C[C@H](CO)[C@@H](C)[C@H](C)[C@H]2C)[C@H]1C. The van der Waals surface area contributed by atoms with Crippen LogP contribution in [0.15, 0.2) is 0 Å². The third-order valence-corrected chi connectivity index (χ3v) is 6.72. The number of esters is 1. The second-order valence-corrected chi connectivity index (χ2v) is 8.08. The largest absolute Gasteiger partial charge is 0.459 e. The monoisotopic (exact) mass is 374 g/mol. The molecule has 1 saturated carbocycles. The lowest BCUT2D eigenvalue weighted by Gasteiger charge is -2.46. The molecule has 2 rings (SSSR count). The van der Waals surface area contributed by atoms with E-state index in [-0.39, 0.29) is 31.2 Å². The Morgan fingerprint density at radius 3 is 2.23 bits per heavy atom. The molecule has 0 unspecified atom stereocenters. The van der Waals surface area contributed by atoms with E-state index >= 15 is 0 Å². The molecule has 1 saturated heterocycles. The van der Waals surface area contributed by atoms with Gasteiger partial charge in [0.05, 0.1) is 25.2 Å². The molecule has 1 aliphatic heterocycles. The Balaban J connectivity index is 2.22. The van der Waals surface area contributed by atoms with Gasteiger partial charge in [-0.25, -0.2) is 0 Å². The van der Waals surface area contributed by atoms with Crippen LogP contribution in [-0.2, 0) is 19.0 Å². The van der Waals surface area contributed by atoms with Gasteiger partial charge in [-0.15, -0.1) is 0 Å². The van der Waals surface area contributed by atoms with Crippen molar-refractivity contribution in [2.75, 3.05) is 19.8 Å². The molecule has 2 aliphatic rings. The smallest absolute Gasteiger partial charge is 0.303 e. The molecule has 26 heavy (non-hydrogen) atoms. The summed E-state index contributed by atoms with van der Waals surface area (Å²) < 4.78 is 17.5. The van der Waals surface area contributed by atoms with Crippen molar-refractivity contribution in [3.8, 4) is 0 Å². The molecule has 2 fully saturated rings. The summed E-state index contributed by atoms with van der Waals surface area (Å²) in [7, 11) is 0. The molecule has 0 aromatic rings. The first kappa shape index (κ1) is 21.6. The highest BCUT2D eigenvalue weighted by molar-refractivity contribution is 5.66. The first-order valence-electron chi connectivity index (χ1n) is 9.56. The van der Waals surface area contributed by atoms with Crippen LogP contribution in [-0.4, -0.2) is 65.2 Å². The van der Waals surface area contributed by atoms with Crippen LogP contribution >= 0.6 is 0 Å². The van der Waals surface area contributed by atoms with E-state index < -0.39 is 36.5 Å². The van der Waals surface area contributed by atoms with Gasteiger partial charge in [-0.3, -0.25) is 4.79 Å². The molecule has 0 amide bonds. The zero-order valence-corrected chi connectivity index (χ0v) is 16.4. The minimum absolute atomic E-state index is 0.0932. The van der Waals surface area contributed by atoms with Crippen molar-refractivity contribution in [2.24, 2.45) is 29.6 Å². The Hall–Kier alpha value is -0.730. The number of ether oxygens (including phenoxy) is 3. The first-order chi connectivity index (χ1) is 12.2. The second kappa shape index (κ2) is 8.52. The summed E-state index contributed by atoms with van der Waals surface area (Å²) in [5, 5.41) is 29.4. The van der Waals surface area contributed by atoms with Crippen LogP contribution in [0.25, 0.3) is 0 Å². The second-order valence-electron chi connectivity index (χ2n) is 8.08. The molecule has 3 N–H and O–H groups in total. The molecule has 0 radical (unpaired) electrons. The fourth-order valence-corrected chi connectivity index (χ4v) is 4.49. The lowest BCUT2D eigenvalue weighted by Crippen LogP contribution is -2.51. The van der Waals surface area contributed by atoms with Crippen molar-refractivity contribution in [2.45, 2.75) is 65.1 Å². The Morgan fingerprint density at radius 1 is 1.08 bits per heavy atom. The summed E-state index contributed by atoms with van der Waals surface area (Å²) in [5.41, 5.74) is 0. The van der Waals surface area contributed by atoms with Crippen molar-refractivity contribution >= 4 is 5.97 Å². The highest BCUT2D eigenvalue weighted by atomic mass is 16.7. The van der Waals surface area contributed by atoms with E-state index in [1.807, 2.05) is 0 Å². The van der Waals surface area contributed by atoms with E-state index in [4.69, 9.17) is 14.2 Å². The topological polar surface area (TPSA) is 105 Å². The van der Waals surface area contributed by atoms with E-state index in [1.165, 1.54) is 6.92 Å². The fraction of sp³-hybridized carbons (Fsp3) is 0.947. The zero-order valence-electron chi connectivity index (χ0n) is 16.4. The number of aliphatic hydroxyl groups excluding tert-OH is 3. The van der Waals surface area contributed by atoms with Gasteiger partial charge in [0.2, 0.25) is 0 Å². The maximum absolute atomic E-state index is 11.4. The quantitative estimate of drug-likeness (QED) is 0.594. The molecular formula is C19H34O7. The predicted octanol–water partition coefficient (Wildman–Crippen LogP) is 0.940. The summed E-state index contributed by atoms with van der Waals surface area (Å²) in [5.74, 6) is -1.19. The fourth-order valence-electron chi connectivity index (χ4n) is 4.49. The maximum Gasteiger partial charge on any atom is 0.303 e. The molecule has 1 heterocycles. The summed E-state index contributed by atoms with van der Waals surface area (Å²) >= 11 is 0. The minimum atomic E-state index is -1.34. The van der Waals surface area contributed by atoms with E-state index in [0.29, 0.717) is 18.3 Å². The van der Waals surface area contributed by atoms with Crippen LogP contribution in [0.3, 0.4) is 0 Å². The highest BCUT2D eigenvalue weighted by Crippen LogP contribution is 2.45. The average molecular weight is 374 g/mol. The number of rotatable bonds is 6. The highest BCUT2D eigenvalue weighted by Gasteiger charge is 2.57. The van der Waals surface area contributed by atoms with Crippen LogP contribution in [0.5, 0.6) is 0 Å². The molecule has 0 spiro atoms. The molecular weight excluding hydrogens is 340 g/mol. The van der Waals surface area contributed by atoms with E-state index in [9.17, 15) is 20.1 Å². The number of hydrogen-bond acceptors (Lipinski definition) is 7. The van der Waals surface area contributed by atoms with Gasteiger partial charge in [0.1, 0.15) is 12.2 Å². The Bertz CT molecular complexity index is 483. The normalized spacial score (nSPS) is 46.3. The Labute approximate surface area is 155 Å². The number of carbonyl (C=O) groups excluding carboxylic acids is 1. The van der Waals surface area contributed by atoms with Gasteiger partial charge >= 0.3 is 5.97 Å². The first-order valence-corrected chi connectivity index (χ1v) is 9.56. The van der Waals surface area contributed by atoms with Gasteiger partial charge in [0.25, 0.3) is 0 Å². The van der Waals surface area contributed by atoms with Gasteiger partial charge in [-0.1, -0.05) is 27.7 Å². The minimum Gasteiger partial charge on any atom is -0.459 e. The third-order valence-electron chi connectivity index (χ3n) is 6.72. The molecule has 1 aliphatic carbocycles. The van der Waals surface area contributed by atoms with Gasteiger partial charge < -0.3 is 29.5 Å². The van der Waals surface area contributed by atoms with Crippen molar-refractivity contribution in [3.05, 3.63) is 0 Å². The summed E-state index contributed by atoms with van der Waals surface area (Å²) in [4.78, 5) is 11.4. The average Bonchev–Trinajstić information content (AvgIpc) is 2.87. The zero-order chi connectivity index (χ0) is 19.6. The van der Waals surface area contributed by atoms with E-state index in [1.54, 1.807) is 6.92 Å². The van der Waals surface area contributed by atoms with Gasteiger partial charge in [0.15, 0.2) is 5.79 Å². The van der Waals surface area contributed by atoms with Gasteiger partial charge in [0, 0.05) is 13.5 Å². The maximum atomic E-state index is 11.4. The molecule has 0 bridgehead atoms. The standard InChI is InChI=1S/C19H34O7/c1-10-11(2)15(7-20)6-16(12(10)3)25-19(9-22)13(4)18(24-14(5)23)17(8-21)26-19/h10-13,15-18,20-22H,6-9H2,1-5H3/t10-,11-,12+,13-,15+,16-,17+,18-,19+/m0/s1. The van der Waals surface area contributed by atoms with E-state index in [0.717, 1.165) is 0 Å². The van der Waals surface area contributed by atoms with Gasteiger partial charge in [-0.05, 0) is 30.1 Å². The third kappa shape index (κ3) is 3.92. The molecule has 7 nitrogen and oxygen atoms in total. The van der Waals surface area contributed by atoms with Crippen LogP contribution in [0.1, 0.15) is 41.0 Å². The summed E-state index contributed by atoms with van der Waals surface area (Å²) in [6.45, 7) is 8.86. The van der Waals surface area contributed by atoms with Crippen LogP contribution in [0, 0.1) is 29.6 Å². The molecule has 0 aromatic heterocycles. The van der Waals surface area contributed by atoms with Crippen molar-refractivity contribution in [3.63, 3.8) is 0 Å². The van der Waals surface area contributed by atoms with Crippen molar-refractivity contribution in [1.82, 2.24) is 0 Å². The van der Waals surface area contributed by atoms with Crippen LogP contribution < -0.4 is 0 Å². The van der Waals surface area contributed by atoms with Crippen LogP contribution in [0.4, 0.5) is 0 Å². The molecule has 0 aromatic carbocycles. The van der Waals surface area contributed by atoms with Crippen molar-refractivity contribution < 1.29 is 34.3 Å². The number of aliphatic hydroxyl groups is 3. The summed E-state index contributed by atoms with van der Waals surface area (Å²) in [6.07, 6.45) is -0.968. The number of hydrogen-bond donors (Lipinski definition) is 3. The van der Waals surface area contributed by atoms with Gasteiger partial charge in [-0.2, -0.15) is 0 Å².